The quantitative estimate of drug-likeness (QED) is 0.658. The van der Waals surface area contributed by atoms with Crippen molar-refractivity contribution in [2.75, 3.05) is 18.1 Å². The molecule has 0 radical (unpaired) electrons. The smallest absolute Gasteiger partial charge is 0.199 e. The van der Waals surface area contributed by atoms with Gasteiger partial charge in [-0.25, -0.2) is 13.1 Å². The van der Waals surface area contributed by atoms with Crippen molar-refractivity contribution in [3.63, 3.8) is 0 Å². The SMILES string of the molecule is CCCn1c(-c2cccc(C)c2)nn(CN(CC)[C@@H]2CCS(=O)(=O)C2)c1=S. The summed E-state index contributed by atoms with van der Waals surface area (Å²) >= 11 is 5.72. The maximum atomic E-state index is 11.9. The Bertz CT molecular complexity index is 962. The van der Waals surface area contributed by atoms with Gasteiger partial charge in [0.05, 0.1) is 18.2 Å². The second-order valence-electron chi connectivity index (χ2n) is 7.23. The number of hydrogen-bond acceptors (Lipinski definition) is 5. The van der Waals surface area contributed by atoms with Crippen LogP contribution >= 0.6 is 12.2 Å². The number of benzene rings is 1. The zero-order valence-electron chi connectivity index (χ0n) is 16.3. The predicted octanol–water partition coefficient (Wildman–Crippen LogP) is 3.27. The lowest BCUT2D eigenvalue weighted by molar-refractivity contribution is 0.164. The second kappa shape index (κ2) is 8.24. The summed E-state index contributed by atoms with van der Waals surface area (Å²) in [4.78, 5) is 2.17. The van der Waals surface area contributed by atoms with Crippen molar-refractivity contribution >= 4 is 22.1 Å². The molecule has 1 atom stereocenters. The zero-order valence-corrected chi connectivity index (χ0v) is 17.9. The van der Waals surface area contributed by atoms with Crippen molar-refractivity contribution in [2.24, 2.45) is 0 Å². The first kappa shape index (κ1) is 20.2. The molecule has 0 aliphatic carbocycles. The molecule has 1 fully saturated rings. The predicted molar refractivity (Wildman–Crippen MR) is 111 cm³/mol. The van der Waals surface area contributed by atoms with Crippen LogP contribution in [-0.4, -0.2) is 51.8 Å². The first-order chi connectivity index (χ1) is 12.8. The minimum atomic E-state index is -2.91. The summed E-state index contributed by atoms with van der Waals surface area (Å²) in [5, 5.41) is 4.82. The van der Waals surface area contributed by atoms with Gasteiger partial charge in [-0.15, -0.1) is 0 Å². The Morgan fingerprint density at radius 1 is 1.33 bits per heavy atom. The highest BCUT2D eigenvalue weighted by Gasteiger charge is 2.32. The van der Waals surface area contributed by atoms with Gasteiger partial charge in [-0.05, 0) is 44.6 Å². The highest BCUT2D eigenvalue weighted by atomic mass is 32.2. The van der Waals surface area contributed by atoms with Crippen LogP contribution in [0, 0.1) is 11.7 Å². The summed E-state index contributed by atoms with van der Waals surface area (Å²) in [6, 6.07) is 8.32. The maximum absolute atomic E-state index is 11.9. The molecule has 0 unspecified atom stereocenters. The first-order valence-corrected chi connectivity index (χ1v) is 11.8. The molecule has 0 spiro atoms. The topological polar surface area (TPSA) is 60.1 Å². The van der Waals surface area contributed by atoms with Crippen molar-refractivity contribution in [1.82, 2.24) is 19.2 Å². The van der Waals surface area contributed by atoms with Gasteiger partial charge in [-0.1, -0.05) is 37.6 Å². The van der Waals surface area contributed by atoms with E-state index < -0.39 is 9.84 Å². The third-order valence-corrected chi connectivity index (χ3v) is 7.27. The Balaban J connectivity index is 1.94. The fourth-order valence-corrected chi connectivity index (χ4v) is 5.70. The van der Waals surface area contributed by atoms with Crippen molar-refractivity contribution in [3.8, 4) is 11.4 Å². The highest BCUT2D eigenvalue weighted by Crippen LogP contribution is 2.22. The van der Waals surface area contributed by atoms with E-state index in [1.807, 2.05) is 10.7 Å². The van der Waals surface area contributed by atoms with Gasteiger partial charge in [0.25, 0.3) is 0 Å². The van der Waals surface area contributed by atoms with Crippen LogP contribution < -0.4 is 0 Å². The van der Waals surface area contributed by atoms with Crippen LogP contribution in [-0.2, 0) is 23.1 Å². The minimum Gasteiger partial charge on any atom is -0.300 e. The lowest BCUT2D eigenvalue weighted by atomic mass is 10.1. The molecular weight excluding hydrogens is 380 g/mol. The van der Waals surface area contributed by atoms with Crippen LogP contribution in [0.15, 0.2) is 24.3 Å². The van der Waals surface area contributed by atoms with E-state index in [9.17, 15) is 8.42 Å². The molecule has 27 heavy (non-hydrogen) atoms. The Labute approximate surface area is 166 Å². The van der Waals surface area contributed by atoms with E-state index in [2.05, 4.69) is 48.4 Å². The summed E-state index contributed by atoms with van der Waals surface area (Å²) in [7, 11) is -2.91. The maximum Gasteiger partial charge on any atom is 0.199 e. The van der Waals surface area contributed by atoms with E-state index in [0.717, 1.165) is 30.9 Å². The monoisotopic (exact) mass is 408 g/mol. The average molecular weight is 409 g/mol. The first-order valence-electron chi connectivity index (χ1n) is 9.53. The van der Waals surface area contributed by atoms with Crippen molar-refractivity contribution in [3.05, 3.63) is 34.6 Å². The minimum absolute atomic E-state index is 0.0423. The fraction of sp³-hybridized carbons (Fsp3) is 0.579. The van der Waals surface area contributed by atoms with Crippen LogP contribution in [0.25, 0.3) is 11.4 Å². The molecule has 1 aromatic heterocycles. The number of aryl methyl sites for hydroxylation is 1. The van der Waals surface area contributed by atoms with Crippen LogP contribution in [0.1, 0.15) is 32.3 Å². The van der Waals surface area contributed by atoms with Gasteiger partial charge in [-0.2, -0.15) is 5.10 Å². The fourth-order valence-electron chi connectivity index (χ4n) is 3.67. The molecule has 0 amide bonds. The molecule has 0 bridgehead atoms. The molecule has 1 saturated heterocycles. The van der Waals surface area contributed by atoms with E-state index in [4.69, 9.17) is 17.3 Å². The van der Waals surface area contributed by atoms with E-state index in [-0.39, 0.29) is 17.5 Å². The second-order valence-corrected chi connectivity index (χ2v) is 9.82. The molecule has 2 aromatic rings. The van der Waals surface area contributed by atoms with E-state index in [1.165, 1.54) is 5.56 Å². The van der Waals surface area contributed by atoms with E-state index in [1.54, 1.807) is 0 Å². The summed E-state index contributed by atoms with van der Waals surface area (Å²) in [5.41, 5.74) is 2.24. The lowest BCUT2D eigenvalue weighted by Crippen LogP contribution is -2.37. The zero-order chi connectivity index (χ0) is 19.6. The Morgan fingerprint density at radius 3 is 2.70 bits per heavy atom. The number of sulfone groups is 1. The van der Waals surface area contributed by atoms with E-state index in [0.29, 0.717) is 17.9 Å². The molecule has 0 N–H and O–H groups in total. The van der Waals surface area contributed by atoms with Gasteiger partial charge in [0.1, 0.15) is 0 Å². The van der Waals surface area contributed by atoms with Gasteiger partial charge in [0.15, 0.2) is 20.4 Å². The van der Waals surface area contributed by atoms with Crippen molar-refractivity contribution in [1.29, 1.82) is 0 Å². The highest BCUT2D eigenvalue weighted by molar-refractivity contribution is 7.91. The largest absolute Gasteiger partial charge is 0.300 e. The van der Waals surface area contributed by atoms with Crippen LogP contribution in [0.3, 0.4) is 0 Å². The van der Waals surface area contributed by atoms with Gasteiger partial charge in [-0.3, -0.25) is 9.47 Å². The summed E-state index contributed by atoms with van der Waals surface area (Å²) in [5.74, 6) is 1.38. The summed E-state index contributed by atoms with van der Waals surface area (Å²) < 4.78 is 28.4. The lowest BCUT2D eigenvalue weighted by Gasteiger charge is -2.26. The van der Waals surface area contributed by atoms with Gasteiger partial charge < -0.3 is 0 Å². The number of hydrogen-bond donors (Lipinski definition) is 0. The third-order valence-electron chi connectivity index (χ3n) is 5.09. The molecular formula is C19H28N4O2S2. The molecule has 3 rings (SSSR count). The Kier molecular flexibility index (Phi) is 6.18. The number of aromatic nitrogens is 3. The van der Waals surface area contributed by atoms with Gasteiger partial charge in [0.2, 0.25) is 0 Å². The van der Waals surface area contributed by atoms with Crippen molar-refractivity contribution in [2.45, 2.75) is 52.9 Å². The molecule has 1 aromatic carbocycles. The van der Waals surface area contributed by atoms with Gasteiger partial charge in [0, 0.05) is 18.2 Å². The number of rotatable bonds is 7. The van der Waals surface area contributed by atoms with E-state index >= 15 is 0 Å². The van der Waals surface area contributed by atoms with Gasteiger partial charge >= 0.3 is 0 Å². The molecule has 148 valence electrons. The average Bonchev–Trinajstić information content (AvgIpc) is 3.13. The normalized spacial score (nSPS) is 19.0. The molecule has 8 heteroatoms. The number of nitrogens with zero attached hydrogens (tertiary/aromatic N) is 4. The molecule has 1 aliphatic heterocycles. The Hall–Kier alpha value is -1.51. The molecule has 0 saturated carbocycles. The standard InChI is InChI=1S/C19H28N4O2S2/c1-4-10-22-18(16-8-6-7-15(3)12-16)20-23(19(22)26)14-21(5-2)17-9-11-27(24,25)13-17/h6-8,12,17H,4-5,9-11,13-14H2,1-3H3/t17-/m1/s1. The summed E-state index contributed by atoms with van der Waals surface area (Å²) in [6.07, 6.45) is 1.65. The molecule has 2 heterocycles. The third kappa shape index (κ3) is 4.50. The Morgan fingerprint density at radius 2 is 2.11 bits per heavy atom. The van der Waals surface area contributed by atoms with Crippen LogP contribution in [0.2, 0.25) is 0 Å². The summed E-state index contributed by atoms with van der Waals surface area (Å²) in [6.45, 7) is 8.35. The van der Waals surface area contributed by atoms with Crippen LogP contribution in [0.5, 0.6) is 0 Å². The van der Waals surface area contributed by atoms with Crippen molar-refractivity contribution < 1.29 is 8.42 Å². The molecule has 1 aliphatic rings. The molecule has 6 nitrogen and oxygen atoms in total. The van der Waals surface area contributed by atoms with Crippen LogP contribution in [0.4, 0.5) is 0 Å².